The van der Waals surface area contributed by atoms with Crippen molar-refractivity contribution in [3.63, 3.8) is 0 Å². The fourth-order valence-electron chi connectivity index (χ4n) is 1.94. The maximum Gasteiger partial charge on any atom is 0.182 e. The van der Waals surface area contributed by atoms with Crippen molar-refractivity contribution in [3.05, 3.63) is 59.9 Å². The number of rotatable bonds is 3. The van der Waals surface area contributed by atoms with Crippen LogP contribution in [0.2, 0.25) is 0 Å². The lowest BCUT2D eigenvalue weighted by atomic mass is 10.2. The summed E-state index contributed by atoms with van der Waals surface area (Å²) in [6, 6.07) is 14.3. The molecule has 0 fully saturated rings. The van der Waals surface area contributed by atoms with Gasteiger partial charge in [-0.15, -0.1) is 5.10 Å². The van der Waals surface area contributed by atoms with Gasteiger partial charge in [0.15, 0.2) is 5.82 Å². The van der Waals surface area contributed by atoms with Crippen LogP contribution in [-0.4, -0.2) is 20.2 Å². The summed E-state index contributed by atoms with van der Waals surface area (Å²) < 4.78 is 15.2. The summed E-state index contributed by atoms with van der Waals surface area (Å²) in [4.78, 5) is 0. The van der Waals surface area contributed by atoms with E-state index in [4.69, 9.17) is 5.73 Å². The maximum atomic E-state index is 13.5. The van der Waals surface area contributed by atoms with Gasteiger partial charge in [0.1, 0.15) is 5.82 Å². The van der Waals surface area contributed by atoms with E-state index in [1.807, 2.05) is 30.3 Å². The van der Waals surface area contributed by atoms with Crippen LogP contribution in [0.3, 0.4) is 0 Å². The molecular formula is C14H12FN5. The number of anilines is 1. The summed E-state index contributed by atoms with van der Waals surface area (Å²) in [7, 11) is 0. The van der Waals surface area contributed by atoms with Gasteiger partial charge < -0.3 is 5.73 Å². The maximum absolute atomic E-state index is 13.5. The van der Waals surface area contributed by atoms with Gasteiger partial charge in [-0.05, 0) is 34.2 Å². The first kappa shape index (κ1) is 12.3. The zero-order valence-corrected chi connectivity index (χ0v) is 10.6. The standard InChI is InChI=1S/C14H12FN5/c15-12-8-11(6-7-13(12)16)14-17-18-19-20(14)9-10-4-2-1-3-5-10/h1-8H,9,16H2. The van der Waals surface area contributed by atoms with Crippen LogP contribution in [0, 0.1) is 5.82 Å². The highest BCUT2D eigenvalue weighted by Gasteiger charge is 2.11. The highest BCUT2D eigenvalue weighted by molar-refractivity contribution is 5.59. The second-order valence-electron chi connectivity index (χ2n) is 4.38. The molecular weight excluding hydrogens is 257 g/mol. The second-order valence-corrected chi connectivity index (χ2v) is 4.38. The molecule has 2 N–H and O–H groups in total. The molecule has 0 unspecified atom stereocenters. The van der Waals surface area contributed by atoms with Crippen molar-refractivity contribution in [1.82, 2.24) is 20.2 Å². The molecule has 0 saturated carbocycles. The Bertz CT molecular complexity index is 723. The van der Waals surface area contributed by atoms with Crippen LogP contribution in [0.25, 0.3) is 11.4 Å². The number of hydrogen-bond donors (Lipinski definition) is 1. The number of nitrogens with zero attached hydrogens (tertiary/aromatic N) is 4. The predicted molar refractivity (Wildman–Crippen MR) is 73.2 cm³/mol. The molecule has 1 aromatic heterocycles. The van der Waals surface area contributed by atoms with Gasteiger partial charge in [0, 0.05) is 5.56 Å². The normalized spacial score (nSPS) is 10.7. The Kier molecular flexibility index (Phi) is 3.12. The van der Waals surface area contributed by atoms with Crippen molar-refractivity contribution in [2.24, 2.45) is 0 Å². The Balaban J connectivity index is 1.95. The minimum atomic E-state index is -0.475. The van der Waals surface area contributed by atoms with Crippen molar-refractivity contribution in [2.75, 3.05) is 5.73 Å². The second kappa shape index (κ2) is 5.08. The third-order valence-electron chi connectivity index (χ3n) is 2.97. The number of tetrazole rings is 1. The van der Waals surface area contributed by atoms with E-state index < -0.39 is 5.82 Å². The van der Waals surface area contributed by atoms with Gasteiger partial charge in [0.2, 0.25) is 0 Å². The summed E-state index contributed by atoms with van der Waals surface area (Å²) in [5.41, 5.74) is 7.24. The lowest BCUT2D eigenvalue weighted by Gasteiger charge is -2.05. The Labute approximate surface area is 114 Å². The van der Waals surface area contributed by atoms with E-state index in [-0.39, 0.29) is 5.69 Å². The number of nitrogen functional groups attached to an aromatic ring is 1. The molecule has 0 radical (unpaired) electrons. The molecule has 0 saturated heterocycles. The fourth-order valence-corrected chi connectivity index (χ4v) is 1.94. The molecule has 20 heavy (non-hydrogen) atoms. The molecule has 0 aliphatic rings. The van der Waals surface area contributed by atoms with Gasteiger partial charge in [-0.3, -0.25) is 0 Å². The SMILES string of the molecule is Nc1ccc(-c2nnnn2Cc2ccccc2)cc1F. The van der Waals surface area contributed by atoms with E-state index in [1.54, 1.807) is 10.7 Å². The van der Waals surface area contributed by atoms with E-state index in [1.165, 1.54) is 12.1 Å². The number of aromatic nitrogens is 4. The molecule has 0 aliphatic carbocycles. The monoisotopic (exact) mass is 269 g/mol. The van der Waals surface area contributed by atoms with Crippen molar-refractivity contribution in [3.8, 4) is 11.4 Å². The third-order valence-corrected chi connectivity index (χ3v) is 2.97. The molecule has 0 aliphatic heterocycles. The molecule has 0 atom stereocenters. The first-order valence-electron chi connectivity index (χ1n) is 6.09. The smallest absolute Gasteiger partial charge is 0.182 e. The van der Waals surface area contributed by atoms with Crippen LogP contribution in [0.5, 0.6) is 0 Å². The Morgan fingerprint density at radius 2 is 1.90 bits per heavy atom. The summed E-state index contributed by atoms with van der Waals surface area (Å²) in [5.74, 6) is 0.0320. The average molecular weight is 269 g/mol. The van der Waals surface area contributed by atoms with Crippen LogP contribution in [0.1, 0.15) is 5.56 Å². The molecule has 3 rings (SSSR count). The highest BCUT2D eigenvalue weighted by Crippen LogP contribution is 2.21. The zero-order chi connectivity index (χ0) is 13.9. The number of benzene rings is 2. The number of hydrogen-bond acceptors (Lipinski definition) is 4. The number of nitrogens with two attached hydrogens (primary N) is 1. The molecule has 3 aromatic rings. The average Bonchev–Trinajstić information content (AvgIpc) is 2.91. The summed E-state index contributed by atoms with van der Waals surface area (Å²) in [5, 5.41) is 11.5. The molecule has 0 bridgehead atoms. The van der Waals surface area contributed by atoms with Gasteiger partial charge in [0.05, 0.1) is 12.2 Å². The highest BCUT2D eigenvalue weighted by atomic mass is 19.1. The van der Waals surface area contributed by atoms with E-state index >= 15 is 0 Å². The van der Waals surface area contributed by atoms with Crippen LogP contribution in [0.4, 0.5) is 10.1 Å². The van der Waals surface area contributed by atoms with Gasteiger partial charge in [-0.2, -0.15) is 0 Å². The molecule has 1 heterocycles. The predicted octanol–water partition coefficient (Wildman–Crippen LogP) is 2.11. The van der Waals surface area contributed by atoms with Crippen molar-refractivity contribution < 1.29 is 4.39 Å². The van der Waals surface area contributed by atoms with Crippen molar-refractivity contribution >= 4 is 5.69 Å². The molecule has 0 amide bonds. The molecule has 2 aromatic carbocycles. The molecule has 5 nitrogen and oxygen atoms in total. The summed E-state index contributed by atoms with van der Waals surface area (Å²) in [6.45, 7) is 0.523. The largest absolute Gasteiger partial charge is 0.396 e. The summed E-state index contributed by atoms with van der Waals surface area (Å²) in [6.07, 6.45) is 0. The van der Waals surface area contributed by atoms with Crippen LogP contribution >= 0.6 is 0 Å². The van der Waals surface area contributed by atoms with Crippen LogP contribution < -0.4 is 5.73 Å². The minimum absolute atomic E-state index is 0.107. The number of halogens is 1. The zero-order valence-electron chi connectivity index (χ0n) is 10.6. The Morgan fingerprint density at radius 1 is 1.10 bits per heavy atom. The van der Waals surface area contributed by atoms with Crippen molar-refractivity contribution in [1.29, 1.82) is 0 Å². The van der Waals surface area contributed by atoms with E-state index in [2.05, 4.69) is 15.5 Å². The first-order valence-corrected chi connectivity index (χ1v) is 6.09. The topological polar surface area (TPSA) is 69.6 Å². The van der Waals surface area contributed by atoms with Gasteiger partial charge in [0.25, 0.3) is 0 Å². The molecule has 6 heteroatoms. The van der Waals surface area contributed by atoms with E-state index in [0.29, 0.717) is 17.9 Å². The third kappa shape index (κ3) is 2.35. The van der Waals surface area contributed by atoms with Gasteiger partial charge >= 0.3 is 0 Å². The lowest BCUT2D eigenvalue weighted by molar-refractivity contribution is 0.631. The van der Waals surface area contributed by atoms with Crippen LogP contribution in [-0.2, 0) is 6.54 Å². The van der Waals surface area contributed by atoms with Crippen LogP contribution in [0.15, 0.2) is 48.5 Å². The summed E-state index contributed by atoms with van der Waals surface area (Å²) >= 11 is 0. The minimum Gasteiger partial charge on any atom is -0.396 e. The Hall–Kier alpha value is -2.76. The quantitative estimate of drug-likeness (QED) is 0.739. The molecule has 100 valence electrons. The van der Waals surface area contributed by atoms with Gasteiger partial charge in [-0.25, -0.2) is 9.07 Å². The van der Waals surface area contributed by atoms with Gasteiger partial charge in [-0.1, -0.05) is 30.3 Å². The van der Waals surface area contributed by atoms with Crippen molar-refractivity contribution in [2.45, 2.75) is 6.54 Å². The van der Waals surface area contributed by atoms with E-state index in [0.717, 1.165) is 5.56 Å². The lowest BCUT2D eigenvalue weighted by Crippen LogP contribution is -2.04. The first-order chi connectivity index (χ1) is 9.74. The Morgan fingerprint density at radius 3 is 2.65 bits per heavy atom. The fraction of sp³-hybridized carbons (Fsp3) is 0.0714. The molecule has 0 spiro atoms. The van der Waals surface area contributed by atoms with E-state index in [9.17, 15) is 4.39 Å².